The minimum Gasteiger partial charge on any atom is -0.497 e. The molecule has 0 radical (unpaired) electrons. The Hall–Kier alpha value is -2.72. The van der Waals surface area contributed by atoms with Crippen molar-refractivity contribution in [1.82, 2.24) is 10.2 Å². The fourth-order valence-electron chi connectivity index (χ4n) is 2.82. The van der Waals surface area contributed by atoms with Crippen LogP contribution in [-0.2, 0) is 20.9 Å². The first-order valence-corrected chi connectivity index (χ1v) is 9.02. The Labute approximate surface area is 160 Å². The van der Waals surface area contributed by atoms with Crippen LogP contribution >= 0.6 is 11.3 Å². The van der Waals surface area contributed by atoms with E-state index in [1.165, 1.54) is 18.4 Å². The van der Waals surface area contributed by atoms with Gasteiger partial charge in [-0.15, -0.1) is 10.2 Å². The summed E-state index contributed by atoms with van der Waals surface area (Å²) in [5.41, 5.74) is 0.579. The van der Waals surface area contributed by atoms with Gasteiger partial charge in [-0.05, 0) is 12.1 Å². The molecule has 1 atom stereocenters. The number of ether oxygens (including phenoxy) is 3. The summed E-state index contributed by atoms with van der Waals surface area (Å²) < 4.78 is 15.6. The number of amides is 2. The summed E-state index contributed by atoms with van der Waals surface area (Å²) >= 11 is 1.24. The number of hydrogen-bond donors (Lipinski definition) is 1. The quantitative estimate of drug-likeness (QED) is 0.765. The van der Waals surface area contributed by atoms with Crippen LogP contribution in [0.4, 0.5) is 10.8 Å². The van der Waals surface area contributed by atoms with E-state index in [-0.39, 0.29) is 24.8 Å². The van der Waals surface area contributed by atoms with Gasteiger partial charge in [-0.1, -0.05) is 11.3 Å². The van der Waals surface area contributed by atoms with E-state index in [4.69, 9.17) is 14.2 Å². The van der Waals surface area contributed by atoms with Crippen LogP contribution in [0.25, 0.3) is 0 Å². The van der Waals surface area contributed by atoms with Crippen LogP contribution < -0.4 is 19.7 Å². The SMILES string of the molecule is COCc1nnc(NC(=O)[C@@H]2CC(=O)N(c3cc(OC)ccc3OC)C2)s1. The summed E-state index contributed by atoms with van der Waals surface area (Å²) in [5.74, 6) is 0.222. The van der Waals surface area contributed by atoms with Crippen molar-refractivity contribution < 1.29 is 23.8 Å². The van der Waals surface area contributed by atoms with Crippen LogP contribution in [0.5, 0.6) is 11.5 Å². The van der Waals surface area contributed by atoms with E-state index in [1.54, 1.807) is 37.3 Å². The second-order valence-corrected chi connectivity index (χ2v) is 6.93. The molecule has 27 heavy (non-hydrogen) atoms. The van der Waals surface area contributed by atoms with Crippen molar-refractivity contribution in [2.45, 2.75) is 13.0 Å². The summed E-state index contributed by atoms with van der Waals surface area (Å²) in [6.45, 7) is 0.580. The molecule has 3 rings (SSSR count). The normalized spacial score (nSPS) is 16.5. The van der Waals surface area contributed by atoms with Crippen LogP contribution in [0.1, 0.15) is 11.4 Å². The van der Waals surface area contributed by atoms with Gasteiger partial charge in [0.1, 0.15) is 23.1 Å². The third kappa shape index (κ3) is 4.17. The first-order chi connectivity index (χ1) is 13.0. The number of nitrogens with zero attached hydrogens (tertiary/aromatic N) is 3. The summed E-state index contributed by atoms with van der Waals surface area (Å²) in [7, 11) is 4.64. The second-order valence-electron chi connectivity index (χ2n) is 5.87. The summed E-state index contributed by atoms with van der Waals surface area (Å²) in [4.78, 5) is 26.6. The molecule has 2 amide bonds. The fraction of sp³-hybridized carbons (Fsp3) is 0.412. The number of hydrogen-bond acceptors (Lipinski definition) is 8. The van der Waals surface area contributed by atoms with Gasteiger partial charge in [0.15, 0.2) is 0 Å². The molecule has 0 aliphatic carbocycles. The van der Waals surface area contributed by atoms with Crippen molar-refractivity contribution in [3.63, 3.8) is 0 Å². The first-order valence-electron chi connectivity index (χ1n) is 8.20. The maximum absolute atomic E-state index is 12.5. The predicted molar refractivity (Wildman–Crippen MR) is 99.3 cm³/mol. The molecular formula is C17H20N4O5S. The number of benzene rings is 1. The third-order valence-corrected chi connectivity index (χ3v) is 4.95. The largest absolute Gasteiger partial charge is 0.497 e. The molecule has 144 valence electrons. The van der Waals surface area contributed by atoms with Gasteiger partial charge in [0.25, 0.3) is 0 Å². The van der Waals surface area contributed by atoms with Crippen molar-refractivity contribution >= 4 is 34.0 Å². The molecule has 0 saturated carbocycles. The Morgan fingerprint density at radius 2 is 2.11 bits per heavy atom. The van der Waals surface area contributed by atoms with Crippen molar-refractivity contribution in [1.29, 1.82) is 0 Å². The van der Waals surface area contributed by atoms with Crippen LogP contribution in [-0.4, -0.2) is 49.9 Å². The number of rotatable bonds is 7. The van der Waals surface area contributed by atoms with Crippen LogP contribution in [0.3, 0.4) is 0 Å². The molecule has 1 saturated heterocycles. The highest BCUT2D eigenvalue weighted by Gasteiger charge is 2.36. The highest BCUT2D eigenvalue weighted by molar-refractivity contribution is 7.15. The van der Waals surface area contributed by atoms with Crippen LogP contribution in [0, 0.1) is 5.92 Å². The van der Waals surface area contributed by atoms with Crippen molar-refractivity contribution in [3.8, 4) is 11.5 Å². The molecule has 1 fully saturated rings. The molecule has 2 aromatic rings. The van der Waals surface area contributed by atoms with E-state index < -0.39 is 5.92 Å². The van der Waals surface area contributed by atoms with Gasteiger partial charge in [-0.3, -0.25) is 9.59 Å². The van der Waals surface area contributed by atoms with E-state index in [0.717, 1.165) is 0 Å². The van der Waals surface area contributed by atoms with Gasteiger partial charge >= 0.3 is 0 Å². The lowest BCUT2D eigenvalue weighted by Gasteiger charge is -2.20. The summed E-state index contributed by atoms with van der Waals surface area (Å²) in [5, 5.41) is 11.6. The predicted octanol–water partition coefficient (Wildman–Crippen LogP) is 1.69. The monoisotopic (exact) mass is 392 g/mol. The maximum atomic E-state index is 12.5. The number of methoxy groups -OCH3 is 3. The number of carbonyl (C=O) groups excluding carboxylic acids is 2. The van der Waals surface area contributed by atoms with E-state index in [0.29, 0.717) is 33.9 Å². The molecule has 1 aliphatic heterocycles. The minimum atomic E-state index is -0.497. The number of anilines is 2. The fourth-order valence-corrected chi connectivity index (χ4v) is 3.53. The van der Waals surface area contributed by atoms with Gasteiger partial charge in [-0.25, -0.2) is 0 Å². The van der Waals surface area contributed by atoms with E-state index >= 15 is 0 Å². The Morgan fingerprint density at radius 1 is 1.30 bits per heavy atom. The molecule has 0 bridgehead atoms. The zero-order chi connectivity index (χ0) is 19.4. The van der Waals surface area contributed by atoms with Gasteiger partial charge in [0.05, 0.1) is 25.8 Å². The highest BCUT2D eigenvalue weighted by Crippen LogP contribution is 2.36. The smallest absolute Gasteiger partial charge is 0.231 e. The molecule has 1 N–H and O–H groups in total. The molecule has 1 aromatic heterocycles. The molecule has 2 heterocycles. The first kappa shape index (κ1) is 19.1. The van der Waals surface area contributed by atoms with Crippen molar-refractivity contribution in [3.05, 3.63) is 23.2 Å². The van der Waals surface area contributed by atoms with Crippen LogP contribution in [0.15, 0.2) is 18.2 Å². The second kappa shape index (κ2) is 8.31. The molecule has 0 unspecified atom stereocenters. The lowest BCUT2D eigenvalue weighted by molar-refractivity contribution is -0.122. The topological polar surface area (TPSA) is 103 Å². The average Bonchev–Trinajstić information content (AvgIpc) is 3.27. The summed E-state index contributed by atoms with van der Waals surface area (Å²) in [6, 6.07) is 5.20. The zero-order valence-corrected chi connectivity index (χ0v) is 16.0. The average molecular weight is 392 g/mol. The minimum absolute atomic E-state index is 0.107. The van der Waals surface area contributed by atoms with E-state index in [9.17, 15) is 9.59 Å². The molecular weight excluding hydrogens is 372 g/mol. The molecule has 9 nitrogen and oxygen atoms in total. The standard InChI is InChI=1S/C17H20N4O5S/c1-24-9-14-19-20-17(27-14)18-16(23)10-6-15(22)21(8-10)12-7-11(25-2)4-5-13(12)26-3/h4-5,7,10H,6,8-9H2,1-3H3,(H,18,20,23)/t10-/m1/s1. The van der Waals surface area contributed by atoms with Gasteiger partial charge < -0.3 is 24.4 Å². The lowest BCUT2D eigenvalue weighted by Crippen LogP contribution is -2.28. The molecule has 1 aliphatic rings. The van der Waals surface area contributed by atoms with Crippen LogP contribution in [0.2, 0.25) is 0 Å². The Bertz CT molecular complexity index is 840. The van der Waals surface area contributed by atoms with Gasteiger partial charge in [0.2, 0.25) is 16.9 Å². The Kier molecular flexibility index (Phi) is 5.87. The van der Waals surface area contributed by atoms with Gasteiger partial charge in [0, 0.05) is 26.1 Å². The number of nitrogens with one attached hydrogen (secondary N) is 1. The zero-order valence-electron chi connectivity index (χ0n) is 15.2. The molecule has 10 heteroatoms. The number of aromatic nitrogens is 2. The lowest BCUT2D eigenvalue weighted by atomic mass is 10.1. The number of carbonyl (C=O) groups is 2. The highest BCUT2D eigenvalue weighted by atomic mass is 32.1. The van der Waals surface area contributed by atoms with Crippen molar-refractivity contribution in [2.24, 2.45) is 5.92 Å². The molecule has 0 spiro atoms. The summed E-state index contributed by atoms with van der Waals surface area (Å²) in [6.07, 6.45) is 0.107. The van der Waals surface area contributed by atoms with Gasteiger partial charge in [-0.2, -0.15) is 0 Å². The Morgan fingerprint density at radius 3 is 2.81 bits per heavy atom. The Balaban J connectivity index is 1.72. The molecule has 1 aromatic carbocycles. The maximum Gasteiger partial charge on any atom is 0.231 e. The van der Waals surface area contributed by atoms with E-state index in [2.05, 4.69) is 15.5 Å². The van der Waals surface area contributed by atoms with E-state index in [1.807, 2.05) is 0 Å². The van der Waals surface area contributed by atoms with Crippen molar-refractivity contribution in [2.75, 3.05) is 38.1 Å². The third-order valence-electron chi connectivity index (χ3n) is 4.14.